The number of nitrogens with one attached hydrogen (secondary N) is 1. The Labute approximate surface area is 158 Å². The molecule has 2 fully saturated rings. The van der Waals surface area contributed by atoms with E-state index in [4.69, 9.17) is 9.47 Å². The molecule has 1 aromatic rings. The fraction of sp³-hybridized carbons (Fsp3) is 0.524. The van der Waals surface area contributed by atoms with E-state index in [0.717, 1.165) is 37.2 Å². The summed E-state index contributed by atoms with van der Waals surface area (Å²) in [6.07, 6.45) is 3.20. The quantitative estimate of drug-likeness (QED) is 0.769. The first-order valence-corrected chi connectivity index (χ1v) is 9.65. The predicted molar refractivity (Wildman–Crippen MR) is 99.0 cm³/mol. The summed E-state index contributed by atoms with van der Waals surface area (Å²) in [5, 5.41) is 3.09. The molecule has 0 aromatic heterocycles. The molecule has 0 aliphatic carbocycles. The molecule has 1 N–H and O–H groups in total. The zero-order valence-electron chi connectivity index (χ0n) is 15.6. The van der Waals surface area contributed by atoms with Crippen molar-refractivity contribution in [3.8, 4) is 0 Å². The molecule has 4 aliphatic heterocycles. The molecule has 0 radical (unpaired) electrons. The molecule has 1 spiro atoms. The molecular weight excluding hydrogens is 344 g/mol. The third-order valence-electron chi connectivity index (χ3n) is 7.14. The number of amides is 1. The van der Waals surface area contributed by atoms with Crippen molar-refractivity contribution >= 4 is 17.6 Å². The molecule has 4 aliphatic rings. The maximum Gasteiger partial charge on any atom is 0.337 e. The standard InChI is InChI=1S/C21H24N2O4/c1-12-14-10-23-8-7-21(16-5-3-4-6-17(16)22-20(21)25)18(23)9-13(14)15(11-27-12)19(24)26-2/h3-6,11-14,18H,7-10H2,1-2H3,(H,22,25)/t12?,13?,14?,18?,21-/m1/s1. The second kappa shape index (κ2) is 5.83. The Morgan fingerprint density at radius 1 is 1.37 bits per heavy atom. The van der Waals surface area contributed by atoms with Crippen LogP contribution in [0.3, 0.4) is 0 Å². The van der Waals surface area contributed by atoms with Crippen LogP contribution in [0.1, 0.15) is 25.3 Å². The van der Waals surface area contributed by atoms with E-state index in [1.165, 1.54) is 7.11 Å². The molecule has 1 amide bonds. The molecule has 142 valence electrons. The van der Waals surface area contributed by atoms with Gasteiger partial charge in [0.25, 0.3) is 0 Å². The van der Waals surface area contributed by atoms with Gasteiger partial charge in [-0.15, -0.1) is 0 Å². The number of rotatable bonds is 1. The molecule has 0 saturated carbocycles. The van der Waals surface area contributed by atoms with Gasteiger partial charge in [-0.25, -0.2) is 4.79 Å². The monoisotopic (exact) mass is 368 g/mol. The lowest BCUT2D eigenvalue weighted by molar-refractivity contribution is -0.139. The molecule has 6 nitrogen and oxygen atoms in total. The second-order valence-electron chi connectivity index (χ2n) is 8.14. The number of ether oxygens (including phenoxy) is 2. The fourth-order valence-electron chi connectivity index (χ4n) is 5.77. The molecule has 6 heteroatoms. The SMILES string of the molecule is COC(=O)C1=COC(C)C2CN3CC[C@]4(C(=O)Nc5ccccc54)C3CC12. The van der Waals surface area contributed by atoms with Gasteiger partial charge < -0.3 is 14.8 Å². The van der Waals surface area contributed by atoms with Crippen LogP contribution in [0.4, 0.5) is 5.69 Å². The van der Waals surface area contributed by atoms with Gasteiger partial charge in [0.1, 0.15) is 0 Å². The van der Waals surface area contributed by atoms with Gasteiger partial charge in [0.15, 0.2) is 0 Å². The van der Waals surface area contributed by atoms with E-state index >= 15 is 0 Å². The number of hydrogen-bond donors (Lipinski definition) is 1. The minimum Gasteiger partial charge on any atom is -0.497 e. The lowest BCUT2D eigenvalue weighted by atomic mass is 9.66. The zero-order valence-corrected chi connectivity index (χ0v) is 15.6. The van der Waals surface area contributed by atoms with E-state index < -0.39 is 5.41 Å². The highest BCUT2D eigenvalue weighted by atomic mass is 16.5. The third-order valence-corrected chi connectivity index (χ3v) is 7.14. The topological polar surface area (TPSA) is 67.9 Å². The van der Waals surface area contributed by atoms with Gasteiger partial charge in [-0.3, -0.25) is 9.69 Å². The minimum atomic E-state index is -0.523. The first-order valence-electron chi connectivity index (χ1n) is 9.65. The lowest BCUT2D eigenvalue weighted by Gasteiger charge is -2.48. The number of para-hydroxylation sites is 1. The van der Waals surface area contributed by atoms with E-state index in [0.29, 0.717) is 5.57 Å². The Kier molecular flexibility index (Phi) is 3.63. The fourth-order valence-corrected chi connectivity index (χ4v) is 5.77. The van der Waals surface area contributed by atoms with Gasteiger partial charge >= 0.3 is 5.97 Å². The number of nitrogens with zero attached hydrogens (tertiary/aromatic N) is 1. The van der Waals surface area contributed by atoms with Crippen LogP contribution in [0.2, 0.25) is 0 Å². The largest absolute Gasteiger partial charge is 0.497 e. The third kappa shape index (κ3) is 2.16. The van der Waals surface area contributed by atoms with E-state index in [1.807, 2.05) is 18.2 Å². The van der Waals surface area contributed by atoms with Crippen LogP contribution in [0.25, 0.3) is 0 Å². The number of carbonyl (C=O) groups is 2. The number of piperidine rings is 1. The first-order chi connectivity index (χ1) is 13.1. The Morgan fingerprint density at radius 3 is 3.00 bits per heavy atom. The summed E-state index contributed by atoms with van der Waals surface area (Å²) < 4.78 is 10.8. The Bertz CT molecular complexity index is 850. The van der Waals surface area contributed by atoms with Crippen molar-refractivity contribution in [1.82, 2.24) is 4.90 Å². The van der Waals surface area contributed by atoms with Crippen LogP contribution < -0.4 is 5.32 Å². The van der Waals surface area contributed by atoms with Crippen LogP contribution in [0.15, 0.2) is 36.1 Å². The average molecular weight is 368 g/mol. The van der Waals surface area contributed by atoms with Crippen LogP contribution in [-0.4, -0.2) is 49.1 Å². The lowest BCUT2D eigenvalue weighted by Crippen LogP contribution is -2.56. The van der Waals surface area contributed by atoms with Gasteiger partial charge in [0.2, 0.25) is 5.91 Å². The van der Waals surface area contributed by atoms with Crippen molar-refractivity contribution < 1.29 is 19.1 Å². The van der Waals surface area contributed by atoms with Crippen LogP contribution >= 0.6 is 0 Å². The number of hydrogen-bond acceptors (Lipinski definition) is 5. The van der Waals surface area contributed by atoms with Crippen molar-refractivity contribution in [2.24, 2.45) is 11.8 Å². The van der Waals surface area contributed by atoms with E-state index in [9.17, 15) is 9.59 Å². The van der Waals surface area contributed by atoms with Crippen molar-refractivity contribution in [2.45, 2.75) is 37.3 Å². The van der Waals surface area contributed by atoms with Crippen molar-refractivity contribution in [1.29, 1.82) is 0 Å². The molecule has 4 heterocycles. The molecular formula is C21H24N2O4. The summed E-state index contributed by atoms with van der Waals surface area (Å²) in [6.45, 7) is 3.79. The number of benzene rings is 1. The van der Waals surface area contributed by atoms with Crippen LogP contribution in [0, 0.1) is 11.8 Å². The summed E-state index contributed by atoms with van der Waals surface area (Å²) in [4.78, 5) is 27.9. The number of esters is 1. The van der Waals surface area contributed by atoms with Gasteiger partial charge in [-0.1, -0.05) is 18.2 Å². The molecule has 2 saturated heterocycles. The Hall–Kier alpha value is -2.34. The molecule has 5 atom stereocenters. The normalized spacial score (nSPS) is 37.0. The summed E-state index contributed by atoms with van der Waals surface area (Å²) in [7, 11) is 1.41. The Balaban J connectivity index is 1.55. The predicted octanol–water partition coefficient (Wildman–Crippen LogP) is 2.06. The average Bonchev–Trinajstić information content (AvgIpc) is 3.20. The smallest absolute Gasteiger partial charge is 0.337 e. The van der Waals surface area contributed by atoms with Crippen LogP contribution in [-0.2, 0) is 24.5 Å². The Morgan fingerprint density at radius 2 is 2.19 bits per heavy atom. The van der Waals surface area contributed by atoms with Gasteiger partial charge in [-0.05, 0) is 37.9 Å². The highest BCUT2D eigenvalue weighted by molar-refractivity contribution is 6.07. The molecule has 1 aromatic carbocycles. The van der Waals surface area contributed by atoms with E-state index in [2.05, 4.69) is 23.2 Å². The summed E-state index contributed by atoms with van der Waals surface area (Å²) in [5.41, 5.74) is 2.11. The van der Waals surface area contributed by atoms with Crippen molar-refractivity contribution in [2.75, 3.05) is 25.5 Å². The minimum absolute atomic E-state index is 0.0468. The van der Waals surface area contributed by atoms with Gasteiger partial charge in [0.05, 0.1) is 30.5 Å². The summed E-state index contributed by atoms with van der Waals surface area (Å²) in [5.74, 6) is 0.0558. The molecule has 0 bridgehead atoms. The number of carbonyl (C=O) groups excluding carboxylic acids is 2. The molecule has 5 rings (SSSR count). The zero-order chi connectivity index (χ0) is 18.8. The van der Waals surface area contributed by atoms with E-state index in [-0.39, 0.29) is 35.9 Å². The number of methoxy groups -OCH3 is 1. The molecule has 4 unspecified atom stereocenters. The van der Waals surface area contributed by atoms with Gasteiger partial charge in [-0.2, -0.15) is 0 Å². The highest BCUT2D eigenvalue weighted by Gasteiger charge is 2.61. The first kappa shape index (κ1) is 16.8. The summed E-state index contributed by atoms with van der Waals surface area (Å²) in [6, 6.07) is 8.10. The molecule has 27 heavy (non-hydrogen) atoms. The number of anilines is 1. The van der Waals surface area contributed by atoms with E-state index in [1.54, 1.807) is 6.26 Å². The highest BCUT2D eigenvalue weighted by Crippen LogP contribution is 2.53. The van der Waals surface area contributed by atoms with Crippen molar-refractivity contribution in [3.63, 3.8) is 0 Å². The van der Waals surface area contributed by atoms with Crippen molar-refractivity contribution in [3.05, 3.63) is 41.7 Å². The summed E-state index contributed by atoms with van der Waals surface area (Å²) >= 11 is 0. The maximum atomic E-state index is 13.1. The number of fused-ring (bicyclic) bond motifs is 5. The van der Waals surface area contributed by atoms with Crippen LogP contribution in [0.5, 0.6) is 0 Å². The maximum absolute atomic E-state index is 13.1. The van der Waals surface area contributed by atoms with Gasteiger partial charge in [0, 0.05) is 30.1 Å². The second-order valence-corrected chi connectivity index (χ2v) is 8.14.